The van der Waals surface area contributed by atoms with Crippen molar-refractivity contribution >= 4 is 5.97 Å². The molecule has 0 spiro atoms. The summed E-state index contributed by atoms with van der Waals surface area (Å²) >= 11 is 0. The molecule has 2 rings (SSSR count). The van der Waals surface area contributed by atoms with Crippen molar-refractivity contribution < 1.29 is 19.4 Å². The van der Waals surface area contributed by atoms with Crippen LogP contribution in [-0.4, -0.2) is 45.5 Å². The van der Waals surface area contributed by atoms with Crippen molar-refractivity contribution in [3.63, 3.8) is 0 Å². The van der Waals surface area contributed by atoms with E-state index in [1.54, 1.807) is 18.2 Å². The summed E-state index contributed by atoms with van der Waals surface area (Å²) in [6.45, 7) is -0.318. The minimum absolute atomic E-state index is 0.318. The van der Waals surface area contributed by atoms with E-state index in [0.29, 0.717) is 22.9 Å². The molecule has 2 aromatic rings. The number of benzene rings is 1. The second-order valence-electron chi connectivity index (χ2n) is 3.66. The summed E-state index contributed by atoms with van der Waals surface area (Å²) in [5.41, 5.74) is 0.613. The van der Waals surface area contributed by atoms with E-state index >= 15 is 0 Å². The molecule has 100 valence electrons. The number of nitrogens with zero attached hydrogens (tertiary/aromatic N) is 4. The molecule has 1 heterocycles. The molecule has 0 aliphatic carbocycles. The lowest BCUT2D eigenvalue weighted by molar-refractivity contribution is -0.137. The van der Waals surface area contributed by atoms with Crippen LogP contribution in [0.3, 0.4) is 0 Å². The monoisotopic (exact) mass is 264 g/mol. The smallest absolute Gasteiger partial charge is 0.325 e. The zero-order valence-corrected chi connectivity index (χ0v) is 10.4. The van der Waals surface area contributed by atoms with Gasteiger partial charge in [0.15, 0.2) is 5.82 Å². The molecule has 0 atom stereocenters. The number of rotatable bonds is 5. The summed E-state index contributed by atoms with van der Waals surface area (Å²) in [6, 6.07) is 5.11. The summed E-state index contributed by atoms with van der Waals surface area (Å²) in [7, 11) is 3.05. The first-order valence-electron chi connectivity index (χ1n) is 5.35. The highest BCUT2D eigenvalue weighted by Gasteiger charge is 2.13. The Hall–Kier alpha value is -2.64. The molecule has 1 aromatic carbocycles. The Bertz CT molecular complexity index is 574. The summed E-state index contributed by atoms with van der Waals surface area (Å²) < 4.78 is 11.5. The number of tetrazole rings is 1. The minimum Gasteiger partial charge on any atom is -0.497 e. The molecule has 0 unspecified atom stereocenters. The van der Waals surface area contributed by atoms with E-state index in [9.17, 15) is 4.79 Å². The number of hydrogen-bond acceptors (Lipinski definition) is 6. The number of carbonyl (C=O) groups is 1. The van der Waals surface area contributed by atoms with E-state index in [2.05, 4.69) is 15.5 Å². The van der Waals surface area contributed by atoms with Crippen LogP contribution in [0, 0.1) is 0 Å². The molecule has 19 heavy (non-hydrogen) atoms. The number of carboxylic acids is 1. The maximum atomic E-state index is 10.7. The van der Waals surface area contributed by atoms with Gasteiger partial charge in [-0.25, -0.2) is 4.68 Å². The third kappa shape index (κ3) is 2.79. The Balaban J connectivity index is 2.46. The minimum atomic E-state index is -1.02. The summed E-state index contributed by atoms with van der Waals surface area (Å²) in [5.74, 6) is 0.446. The first kappa shape index (κ1) is 12.8. The Labute approximate surface area is 108 Å². The number of ether oxygens (including phenoxy) is 2. The molecule has 0 bridgehead atoms. The predicted octanol–water partition coefficient (Wildman–Crippen LogP) is 0.442. The number of carboxylic acid groups (broad SMARTS) is 1. The van der Waals surface area contributed by atoms with Gasteiger partial charge < -0.3 is 14.6 Å². The number of hydrogen-bond donors (Lipinski definition) is 1. The SMILES string of the molecule is COc1cc(OC)cc(-c2nnnn2CC(=O)O)c1. The molecule has 8 nitrogen and oxygen atoms in total. The first-order chi connectivity index (χ1) is 9.13. The molecular formula is C11H12N4O4. The van der Waals surface area contributed by atoms with Crippen molar-refractivity contribution in [3.05, 3.63) is 18.2 Å². The fourth-order valence-electron chi connectivity index (χ4n) is 1.58. The molecule has 0 aliphatic heterocycles. The van der Waals surface area contributed by atoms with Crippen molar-refractivity contribution in [1.29, 1.82) is 0 Å². The molecule has 0 radical (unpaired) electrons. The topological polar surface area (TPSA) is 99.4 Å². The van der Waals surface area contributed by atoms with Gasteiger partial charge in [0.1, 0.15) is 18.0 Å². The Morgan fingerprint density at radius 1 is 1.26 bits per heavy atom. The van der Waals surface area contributed by atoms with Gasteiger partial charge in [-0.05, 0) is 22.6 Å². The van der Waals surface area contributed by atoms with E-state index in [1.807, 2.05) is 0 Å². The second kappa shape index (κ2) is 5.34. The van der Waals surface area contributed by atoms with Gasteiger partial charge in [0.2, 0.25) is 0 Å². The quantitative estimate of drug-likeness (QED) is 0.836. The van der Waals surface area contributed by atoms with Gasteiger partial charge in [0, 0.05) is 11.6 Å². The van der Waals surface area contributed by atoms with Crippen LogP contribution in [0.25, 0.3) is 11.4 Å². The van der Waals surface area contributed by atoms with E-state index < -0.39 is 5.97 Å². The summed E-state index contributed by atoms with van der Waals surface area (Å²) in [4.78, 5) is 10.7. The fraction of sp³-hybridized carbons (Fsp3) is 0.273. The van der Waals surface area contributed by atoms with Crippen molar-refractivity contribution in [2.45, 2.75) is 6.54 Å². The molecule has 0 fully saturated rings. The number of aliphatic carboxylic acids is 1. The van der Waals surface area contributed by atoms with Gasteiger partial charge in [-0.1, -0.05) is 0 Å². The average molecular weight is 264 g/mol. The molecule has 0 saturated carbocycles. The van der Waals surface area contributed by atoms with Gasteiger partial charge >= 0.3 is 5.97 Å². The average Bonchev–Trinajstić information content (AvgIpc) is 2.85. The molecule has 8 heteroatoms. The summed E-state index contributed by atoms with van der Waals surface area (Å²) in [6.07, 6.45) is 0. The maximum absolute atomic E-state index is 10.7. The Morgan fingerprint density at radius 3 is 2.42 bits per heavy atom. The zero-order valence-electron chi connectivity index (χ0n) is 10.4. The van der Waals surface area contributed by atoms with Crippen molar-refractivity contribution in [2.24, 2.45) is 0 Å². The van der Waals surface area contributed by atoms with E-state index in [-0.39, 0.29) is 6.54 Å². The van der Waals surface area contributed by atoms with Gasteiger partial charge in [-0.3, -0.25) is 4.79 Å². The molecule has 1 N–H and O–H groups in total. The fourth-order valence-corrected chi connectivity index (χ4v) is 1.58. The van der Waals surface area contributed by atoms with Gasteiger partial charge in [0.05, 0.1) is 14.2 Å². The molecule has 1 aromatic heterocycles. The van der Waals surface area contributed by atoms with Crippen LogP contribution in [0.4, 0.5) is 0 Å². The van der Waals surface area contributed by atoms with E-state index in [4.69, 9.17) is 14.6 Å². The number of methoxy groups -OCH3 is 2. The van der Waals surface area contributed by atoms with Gasteiger partial charge in [0.25, 0.3) is 0 Å². The van der Waals surface area contributed by atoms with Gasteiger partial charge in [-0.15, -0.1) is 5.10 Å². The largest absolute Gasteiger partial charge is 0.497 e. The van der Waals surface area contributed by atoms with E-state index in [1.165, 1.54) is 18.9 Å². The number of aromatic nitrogens is 4. The Kier molecular flexibility index (Phi) is 3.60. The first-order valence-corrected chi connectivity index (χ1v) is 5.35. The standard InChI is InChI=1S/C11H12N4O4/c1-18-8-3-7(4-9(5-8)19-2)11-12-13-14-15(11)6-10(16)17/h3-5H,6H2,1-2H3,(H,16,17). The third-order valence-electron chi connectivity index (χ3n) is 2.43. The van der Waals surface area contributed by atoms with Crippen LogP contribution in [-0.2, 0) is 11.3 Å². The second-order valence-corrected chi connectivity index (χ2v) is 3.66. The lowest BCUT2D eigenvalue weighted by atomic mass is 10.2. The third-order valence-corrected chi connectivity index (χ3v) is 2.43. The Morgan fingerprint density at radius 2 is 1.89 bits per heavy atom. The van der Waals surface area contributed by atoms with Crippen molar-refractivity contribution in [1.82, 2.24) is 20.2 Å². The highest BCUT2D eigenvalue weighted by atomic mass is 16.5. The molecular weight excluding hydrogens is 252 g/mol. The molecule has 0 amide bonds. The van der Waals surface area contributed by atoms with Crippen molar-refractivity contribution in [2.75, 3.05) is 14.2 Å². The highest BCUT2D eigenvalue weighted by Crippen LogP contribution is 2.28. The van der Waals surface area contributed by atoms with Crippen LogP contribution >= 0.6 is 0 Å². The normalized spacial score (nSPS) is 10.2. The predicted molar refractivity (Wildman–Crippen MR) is 64.0 cm³/mol. The van der Waals surface area contributed by atoms with E-state index in [0.717, 1.165) is 0 Å². The van der Waals surface area contributed by atoms with Crippen LogP contribution in [0.1, 0.15) is 0 Å². The van der Waals surface area contributed by atoms with Crippen molar-refractivity contribution in [3.8, 4) is 22.9 Å². The molecule has 0 saturated heterocycles. The highest BCUT2D eigenvalue weighted by molar-refractivity contribution is 5.68. The zero-order chi connectivity index (χ0) is 13.8. The lowest BCUT2D eigenvalue weighted by Crippen LogP contribution is -2.11. The van der Waals surface area contributed by atoms with Gasteiger partial charge in [-0.2, -0.15) is 0 Å². The molecule has 0 aliphatic rings. The summed E-state index contributed by atoms with van der Waals surface area (Å²) in [5, 5.41) is 19.7. The maximum Gasteiger partial charge on any atom is 0.325 e. The van der Waals surface area contributed by atoms with Crippen LogP contribution in [0.15, 0.2) is 18.2 Å². The van der Waals surface area contributed by atoms with Crippen LogP contribution in [0.2, 0.25) is 0 Å². The van der Waals surface area contributed by atoms with Crippen LogP contribution < -0.4 is 9.47 Å². The van der Waals surface area contributed by atoms with Crippen LogP contribution in [0.5, 0.6) is 11.5 Å². The lowest BCUT2D eigenvalue weighted by Gasteiger charge is -2.07.